The minimum absolute atomic E-state index is 0.0672. The van der Waals surface area contributed by atoms with Gasteiger partial charge in [0.2, 0.25) is 5.91 Å². The molecule has 1 aromatic heterocycles. The van der Waals surface area contributed by atoms with Crippen LogP contribution in [0.1, 0.15) is 37.9 Å². The van der Waals surface area contributed by atoms with Crippen LogP contribution in [-0.2, 0) is 18.4 Å². The Morgan fingerprint density at radius 3 is 2.85 bits per heavy atom. The van der Waals surface area contributed by atoms with Gasteiger partial charge in [0.1, 0.15) is 18.2 Å². The monoisotopic (exact) mass is 354 g/mol. The van der Waals surface area contributed by atoms with Crippen molar-refractivity contribution in [2.45, 2.75) is 50.8 Å². The summed E-state index contributed by atoms with van der Waals surface area (Å²) in [5.41, 5.74) is 0.802. The van der Waals surface area contributed by atoms with Crippen LogP contribution in [0.5, 0.6) is 5.75 Å². The third-order valence-corrected chi connectivity index (χ3v) is 5.59. The predicted molar refractivity (Wildman–Crippen MR) is 99.9 cm³/mol. The number of amides is 1. The van der Waals surface area contributed by atoms with E-state index in [0.717, 1.165) is 23.7 Å². The Kier molecular flexibility index (Phi) is 4.93. The normalized spacial score (nSPS) is 24.9. The first-order valence-electron chi connectivity index (χ1n) is 9.45. The van der Waals surface area contributed by atoms with E-state index in [2.05, 4.69) is 15.6 Å². The molecule has 3 unspecified atom stereocenters. The number of aryl methyl sites for hydroxylation is 1. The maximum atomic E-state index is 12.5. The molecule has 1 aliphatic carbocycles. The summed E-state index contributed by atoms with van der Waals surface area (Å²) in [7, 11) is 1.94. The standard InChI is InChI=1S/C20H26N4O2/c1-24-11-10-21-19(24)13-26-16-8-6-15(7-9-16)22-20(25)18-12-14-4-2-3-5-17(14)23-18/h6-11,14,17-18,23H,2-5,12-13H2,1H3,(H,22,25). The zero-order chi connectivity index (χ0) is 17.9. The van der Waals surface area contributed by atoms with E-state index in [-0.39, 0.29) is 11.9 Å². The Morgan fingerprint density at radius 2 is 2.12 bits per heavy atom. The molecule has 2 N–H and O–H groups in total. The van der Waals surface area contributed by atoms with Gasteiger partial charge in [0.25, 0.3) is 0 Å². The summed E-state index contributed by atoms with van der Waals surface area (Å²) in [6.07, 6.45) is 9.65. The summed E-state index contributed by atoms with van der Waals surface area (Å²) >= 11 is 0. The van der Waals surface area contributed by atoms with Gasteiger partial charge >= 0.3 is 0 Å². The molecule has 1 aromatic carbocycles. The Labute approximate surface area is 154 Å². The van der Waals surface area contributed by atoms with Crippen molar-refractivity contribution in [1.29, 1.82) is 0 Å². The van der Waals surface area contributed by atoms with E-state index in [0.29, 0.717) is 18.6 Å². The van der Waals surface area contributed by atoms with Crippen molar-refractivity contribution in [3.63, 3.8) is 0 Å². The molecule has 0 bridgehead atoms. The van der Waals surface area contributed by atoms with E-state index in [1.165, 1.54) is 25.7 Å². The maximum absolute atomic E-state index is 12.5. The molecule has 2 aliphatic rings. The summed E-state index contributed by atoms with van der Waals surface area (Å²) in [5.74, 6) is 2.37. The third-order valence-electron chi connectivity index (χ3n) is 5.59. The number of ether oxygens (including phenoxy) is 1. The Bertz CT molecular complexity index is 741. The molecule has 4 rings (SSSR count). The van der Waals surface area contributed by atoms with Crippen LogP contribution in [-0.4, -0.2) is 27.5 Å². The topological polar surface area (TPSA) is 68.2 Å². The van der Waals surface area contributed by atoms with Crippen LogP contribution in [0.2, 0.25) is 0 Å². The Hall–Kier alpha value is -2.34. The van der Waals surface area contributed by atoms with Gasteiger partial charge in [-0.25, -0.2) is 4.98 Å². The highest BCUT2D eigenvalue weighted by atomic mass is 16.5. The van der Waals surface area contributed by atoms with Crippen molar-refractivity contribution in [1.82, 2.24) is 14.9 Å². The van der Waals surface area contributed by atoms with E-state index in [1.807, 2.05) is 42.1 Å². The number of nitrogens with zero attached hydrogens (tertiary/aromatic N) is 2. The number of hydrogen-bond donors (Lipinski definition) is 2. The lowest BCUT2D eigenvalue weighted by Gasteiger charge is -2.24. The first-order valence-corrected chi connectivity index (χ1v) is 9.45. The number of benzene rings is 1. The molecule has 0 spiro atoms. The predicted octanol–water partition coefficient (Wildman–Crippen LogP) is 2.86. The summed E-state index contributed by atoms with van der Waals surface area (Å²) in [6, 6.07) is 7.98. The molecule has 1 saturated heterocycles. The summed E-state index contributed by atoms with van der Waals surface area (Å²) < 4.78 is 7.68. The van der Waals surface area contributed by atoms with Gasteiger partial charge in [0, 0.05) is 31.2 Å². The fourth-order valence-corrected chi connectivity index (χ4v) is 4.07. The molecule has 1 aliphatic heterocycles. The van der Waals surface area contributed by atoms with Gasteiger partial charge in [-0.1, -0.05) is 12.8 Å². The van der Waals surface area contributed by atoms with Crippen LogP contribution in [0.3, 0.4) is 0 Å². The summed E-state index contributed by atoms with van der Waals surface area (Å²) in [5, 5.41) is 6.55. The molecule has 2 heterocycles. The second-order valence-electron chi connectivity index (χ2n) is 7.36. The fraction of sp³-hybridized carbons (Fsp3) is 0.500. The molecule has 6 nitrogen and oxygen atoms in total. The molecule has 2 aromatic rings. The zero-order valence-electron chi connectivity index (χ0n) is 15.1. The van der Waals surface area contributed by atoms with E-state index >= 15 is 0 Å². The lowest BCUT2D eigenvalue weighted by atomic mass is 9.85. The van der Waals surface area contributed by atoms with E-state index < -0.39 is 0 Å². The van der Waals surface area contributed by atoms with Gasteiger partial charge in [0.15, 0.2) is 0 Å². The molecular weight excluding hydrogens is 328 g/mol. The zero-order valence-corrected chi connectivity index (χ0v) is 15.1. The van der Waals surface area contributed by atoms with Crippen LogP contribution < -0.4 is 15.4 Å². The van der Waals surface area contributed by atoms with Crippen LogP contribution in [0.25, 0.3) is 0 Å². The molecular formula is C20H26N4O2. The molecule has 6 heteroatoms. The van der Waals surface area contributed by atoms with Crippen molar-refractivity contribution >= 4 is 11.6 Å². The molecule has 26 heavy (non-hydrogen) atoms. The van der Waals surface area contributed by atoms with Gasteiger partial charge in [-0.3, -0.25) is 4.79 Å². The third kappa shape index (κ3) is 3.75. The molecule has 1 saturated carbocycles. The van der Waals surface area contributed by atoms with Crippen molar-refractivity contribution in [3.05, 3.63) is 42.5 Å². The minimum Gasteiger partial charge on any atom is -0.486 e. The fourth-order valence-electron chi connectivity index (χ4n) is 4.07. The molecule has 0 radical (unpaired) electrons. The Morgan fingerprint density at radius 1 is 1.31 bits per heavy atom. The summed E-state index contributed by atoms with van der Waals surface area (Å²) in [6.45, 7) is 0.421. The molecule has 1 amide bonds. The smallest absolute Gasteiger partial charge is 0.241 e. The van der Waals surface area contributed by atoms with Crippen molar-refractivity contribution < 1.29 is 9.53 Å². The number of fused-ring (bicyclic) bond motifs is 1. The largest absolute Gasteiger partial charge is 0.486 e. The van der Waals surface area contributed by atoms with E-state index in [4.69, 9.17) is 4.74 Å². The SMILES string of the molecule is Cn1ccnc1COc1ccc(NC(=O)C2CC3CCCCC3N2)cc1. The molecule has 138 valence electrons. The lowest BCUT2D eigenvalue weighted by molar-refractivity contribution is -0.117. The lowest BCUT2D eigenvalue weighted by Crippen LogP contribution is -2.39. The number of nitrogens with one attached hydrogen (secondary N) is 2. The van der Waals surface area contributed by atoms with Crippen molar-refractivity contribution in [2.24, 2.45) is 13.0 Å². The Balaban J connectivity index is 1.30. The quantitative estimate of drug-likeness (QED) is 0.866. The first kappa shape index (κ1) is 17.1. The van der Waals surface area contributed by atoms with Gasteiger partial charge in [-0.05, 0) is 49.4 Å². The maximum Gasteiger partial charge on any atom is 0.241 e. The highest BCUT2D eigenvalue weighted by Gasteiger charge is 2.38. The van der Waals surface area contributed by atoms with Crippen LogP contribution in [0, 0.1) is 5.92 Å². The second kappa shape index (κ2) is 7.50. The van der Waals surface area contributed by atoms with Gasteiger partial charge in [-0.15, -0.1) is 0 Å². The van der Waals surface area contributed by atoms with E-state index in [9.17, 15) is 4.79 Å². The van der Waals surface area contributed by atoms with Crippen molar-refractivity contribution in [2.75, 3.05) is 5.32 Å². The number of anilines is 1. The van der Waals surface area contributed by atoms with Crippen LogP contribution in [0.4, 0.5) is 5.69 Å². The van der Waals surface area contributed by atoms with Crippen molar-refractivity contribution in [3.8, 4) is 5.75 Å². The average molecular weight is 354 g/mol. The van der Waals surface area contributed by atoms with Gasteiger partial charge in [0.05, 0.1) is 6.04 Å². The first-order chi connectivity index (χ1) is 12.7. The molecule has 2 fully saturated rings. The van der Waals surface area contributed by atoms with E-state index in [1.54, 1.807) is 6.20 Å². The van der Waals surface area contributed by atoms with Crippen LogP contribution >= 0.6 is 0 Å². The van der Waals surface area contributed by atoms with Gasteiger partial charge in [-0.2, -0.15) is 0 Å². The van der Waals surface area contributed by atoms with Crippen LogP contribution in [0.15, 0.2) is 36.7 Å². The number of imidazole rings is 1. The highest BCUT2D eigenvalue weighted by molar-refractivity contribution is 5.95. The number of carbonyl (C=O) groups is 1. The second-order valence-corrected chi connectivity index (χ2v) is 7.36. The van der Waals surface area contributed by atoms with Gasteiger partial charge < -0.3 is 19.9 Å². The number of hydrogen-bond acceptors (Lipinski definition) is 4. The average Bonchev–Trinajstić information content (AvgIpc) is 3.27. The number of rotatable bonds is 5. The summed E-state index contributed by atoms with van der Waals surface area (Å²) in [4.78, 5) is 16.8. The number of aromatic nitrogens is 2. The molecule has 3 atom stereocenters. The minimum atomic E-state index is -0.0672. The highest BCUT2D eigenvalue weighted by Crippen LogP contribution is 2.33. The number of carbonyl (C=O) groups excluding carboxylic acids is 1.